The van der Waals surface area contributed by atoms with Gasteiger partial charge in [-0.15, -0.1) is 0 Å². The van der Waals surface area contributed by atoms with Crippen LogP contribution in [0.1, 0.15) is 42.7 Å². The highest BCUT2D eigenvalue weighted by Gasteiger charge is 2.24. The predicted molar refractivity (Wildman–Crippen MR) is 96.7 cm³/mol. The minimum absolute atomic E-state index is 0.0796. The molecule has 134 valence electrons. The van der Waals surface area contributed by atoms with Crippen molar-refractivity contribution >= 4 is 16.0 Å². The van der Waals surface area contributed by atoms with Gasteiger partial charge in [-0.1, -0.05) is 44.2 Å². The molecule has 1 unspecified atom stereocenters. The van der Waals surface area contributed by atoms with E-state index in [4.69, 9.17) is 4.74 Å². The second kappa shape index (κ2) is 8.27. The molecule has 5 nitrogen and oxygen atoms in total. The van der Waals surface area contributed by atoms with Crippen LogP contribution in [0.5, 0.6) is 0 Å². The van der Waals surface area contributed by atoms with Gasteiger partial charge in [-0.05, 0) is 42.7 Å². The highest BCUT2D eigenvalue weighted by molar-refractivity contribution is 7.89. The Bertz CT molecular complexity index is 799. The molecule has 0 aromatic heterocycles. The summed E-state index contributed by atoms with van der Waals surface area (Å²) in [5, 5.41) is 0. The lowest BCUT2D eigenvalue weighted by Crippen LogP contribution is -2.31. The molecule has 2 rings (SSSR count). The van der Waals surface area contributed by atoms with E-state index in [1.165, 1.54) is 24.3 Å². The third kappa shape index (κ3) is 4.90. The molecule has 0 heterocycles. The number of esters is 1. The van der Waals surface area contributed by atoms with Gasteiger partial charge in [0.2, 0.25) is 10.0 Å². The molecular formula is C19H23NO4S. The lowest BCUT2D eigenvalue weighted by molar-refractivity contribution is 0.0526. The van der Waals surface area contributed by atoms with Gasteiger partial charge < -0.3 is 4.74 Å². The SMILES string of the molecule is CCOC(=O)c1ccc(S(=O)(=O)NC(c2ccccc2)C(C)C)cc1. The normalized spacial score (nSPS) is 12.8. The molecule has 0 saturated heterocycles. The largest absolute Gasteiger partial charge is 0.462 e. The summed E-state index contributed by atoms with van der Waals surface area (Å²) in [5.41, 5.74) is 1.23. The molecule has 2 aromatic rings. The van der Waals surface area contributed by atoms with E-state index in [1.807, 2.05) is 44.2 Å². The Morgan fingerprint density at radius 2 is 1.64 bits per heavy atom. The van der Waals surface area contributed by atoms with Crippen LogP contribution in [0.3, 0.4) is 0 Å². The van der Waals surface area contributed by atoms with E-state index in [2.05, 4.69) is 4.72 Å². The molecule has 0 aliphatic rings. The minimum Gasteiger partial charge on any atom is -0.462 e. The number of carbonyl (C=O) groups excluding carboxylic acids is 1. The second-order valence-corrected chi connectivity index (χ2v) is 7.71. The summed E-state index contributed by atoms with van der Waals surface area (Å²) in [6, 6.07) is 14.9. The van der Waals surface area contributed by atoms with Crippen LogP contribution < -0.4 is 4.72 Å². The Labute approximate surface area is 149 Å². The molecule has 0 radical (unpaired) electrons. The molecule has 2 aromatic carbocycles. The summed E-state index contributed by atoms with van der Waals surface area (Å²) in [6.07, 6.45) is 0. The topological polar surface area (TPSA) is 72.5 Å². The number of carbonyl (C=O) groups is 1. The van der Waals surface area contributed by atoms with Crippen molar-refractivity contribution in [3.05, 3.63) is 65.7 Å². The Morgan fingerprint density at radius 3 is 2.16 bits per heavy atom. The monoisotopic (exact) mass is 361 g/mol. The minimum atomic E-state index is -3.71. The smallest absolute Gasteiger partial charge is 0.338 e. The number of hydrogen-bond donors (Lipinski definition) is 1. The Kier molecular flexibility index (Phi) is 6.33. The van der Waals surface area contributed by atoms with Crippen molar-refractivity contribution in [1.82, 2.24) is 4.72 Å². The van der Waals surface area contributed by atoms with Crippen molar-refractivity contribution in [2.75, 3.05) is 6.61 Å². The van der Waals surface area contributed by atoms with E-state index in [0.717, 1.165) is 5.56 Å². The van der Waals surface area contributed by atoms with Crippen LogP contribution in [0.25, 0.3) is 0 Å². The zero-order valence-electron chi connectivity index (χ0n) is 14.6. The Hall–Kier alpha value is -2.18. The molecule has 0 aliphatic heterocycles. The lowest BCUT2D eigenvalue weighted by Gasteiger charge is -2.22. The fourth-order valence-electron chi connectivity index (χ4n) is 2.47. The second-order valence-electron chi connectivity index (χ2n) is 6.00. The molecule has 0 amide bonds. The first-order valence-electron chi connectivity index (χ1n) is 8.19. The summed E-state index contributed by atoms with van der Waals surface area (Å²) in [5.74, 6) is -0.389. The maximum Gasteiger partial charge on any atom is 0.338 e. The number of nitrogens with one attached hydrogen (secondary N) is 1. The number of rotatable bonds is 7. The standard InChI is InChI=1S/C19H23NO4S/c1-4-24-19(21)16-10-12-17(13-11-16)25(22,23)20-18(14(2)3)15-8-6-5-7-9-15/h5-14,18,20H,4H2,1-3H3. The Balaban J connectivity index is 2.24. The van der Waals surface area contributed by atoms with Gasteiger partial charge in [0.1, 0.15) is 0 Å². The van der Waals surface area contributed by atoms with Crippen LogP contribution in [0.2, 0.25) is 0 Å². The molecular weight excluding hydrogens is 338 g/mol. The summed E-state index contributed by atoms with van der Waals surface area (Å²) in [6.45, 7) is 5.91. The fourth-order valence-corrected chi connectivity index (χ4v) is 3.84. The van der Waals surface area contributed by atoms with Gasteiger partial charge >= 0.3 is 5.97 Å². The van der Waals surface area contributed by atoms with E-state index in [-0.39, 0.29) is 23.5 Å². The third-order valence-corrected chi connectivity index (χ3v) is 5.24. The molecule has 0 spiro atoms. The number of sulfonamides is 1. The average Bonchev–Trinajstić information content (AvgIpc) is 2.60. The van der Waals surface area contributed by atoms with Gasteiger partial charge in [0.15, 0.2) is 0 Å². The van der Waals surface area contributed by atoms with E-state index in [0.29, 0.717) is 5.56 Å². The molecule has 0 saturated carbocycles. The molecule has 0 fully saturated rings. The van der Waals surface area contributed by atoms with Crippen LogP contribution in [0.4, 0.5) is 0 Å². The van der Waals surface area contributed by atoms with Gasteiger partial charge in [0.05, 0.1) is 17.1 Å². The average molecular weight is 361 g/mol. The molecule has 1 N–H and O–H groups in total. The first kappa shape index (κ1) is 19.1. The van der Waals surface area contributed by atoms with Crippen molar-refractivity contribution in [1.29, 1.82) is 0 Å². The van der Waals surface area contributed by atoms with Crippen LogP contribution in [-0.2, 0) is 14.8 Å². The zero-order valence-corrected chi connectivity index (χ0v) is 15.4. The fraction of sp³-hybridized carbons (Fsp3) is 0.316. The molecule has 0 aliphatic carbocycles. The number of benzene rings is 2. The van der Waals surface area contributed by atoms with Crippen LogP contribution in [0.15, 0.2) is 59.5 Å². The van der Waals surface area contributed by atoms with E-state index in [9.17, 15) is 13.2 Å². The maximum atomic E-state index is 12.7. The highest BCUT2D eigenvalue weighted by atomic mass is 32.2. The van der Waals surface area contributed by atoms with Crippen molar-refractivity contribution in [2.45, 2.75) is 31.7 Å². The molecule has 1 atom stereocenters. The van der Waals surface area contributed by atoms with Crippen molar-refractivity contribution in [3.63, 3.8) is 0 Å². The predicted octanol–water partition coefficient (Wildman–Crippen LogP) is 3.54. The van der Waals surface area contributed by atoms with Crippen LogP contribution in [0, 0.1) is 5.92 Å². The number of ether oxygens (including phenoxy) is 1. The maximum absolute atomic E-state index is 12.7. The summed E-state index contributed by atoms with van der Waals surface area (Å²) in [7, 11) is -3.71. The number of hydrogen-bond acceptors (Lipinski definition) is 4. The van der Waals surface area contributed by atoms with E-state index in [1.54, 1.807) is 6.92 Å². The first-order chi connectivity index (χ1) is 11.8. The van der Waals surface area contributed by atoms with Crippen molar-refractivity contribution in [2.24, 2.45) is 5.92 Å². The van der Waals surface area contributed by atoms with Crippen molar-refractivity contribution < 1.29 is 17.9 Å². The summed E-state index contributed by atoms with van der Waals surface area (Å²) < 4.78 is 33.1. The van der Waals surface area contributed by atoms with E-state index >= 15 is 0 Å². The first-order valence-corrected chi connectivity index (χ1v) is 9.68. The van der Waals surface area contributed by atoms with Gasteiger partial charge in [-0.2, -0.15) is 0 Å². The third-order valence-electron chi connectivity index (χ3n) is 3.78. The zero-order chi connectivity index (χ0) is 18.4. The molecule has 0 bridgehead atoms. The summed E-state index contributed by atoms with van der Waals surface area (Å²) in [4.78, 5) is 11.8. The quantitative estimate of drug-likeness (QED) is 0.766. The van der Waals surface area contributed by atoms with Crippen molar-refractivity contribution in [3.8, 4) is 0 Å². The van der Waals surface area contributed by atoms with Gasteiger partial charge in [-0.3, -0.25) is 0 Å². The van der Waals surface area contributed by atoms with Crippen LogP contribution >= 0.6 is 0 Å². The van der Waals surface area contributed by atoms with Gasteiger partial charge in [-0.25, -0.2) is 17.9 Å². The molecule has 6 heteroatoms. The van der Waals surface area contributed by atoms with Gasteiger partial charge in [0.25, 0.3) is 0 Å². The summed E-state index contributed by atoms with van der Waals surface area (Å²) >= 11 is 0. The highest BCUT2D eigenvalue weighted by Crippen LogP contribution is 2.24. The van der Waals surface area contributed by atoms with Gasteiger partial charge in [0, 0.05) is 6.04 Å². The molecule has 25 heavy (non-hydrogen) atoms. The lowest BCUT2D eigenvalue weighted by atomic mass is 9.97. The van der Waals surface area contributed by atoms with E-state index < -0.39 is 16.0 Å². The van der Waals surface area contributed by atoms with Crippen LogP contribution in [-0.4, -0.2) is 21.0 Å². The Morgan fingerprint density at radius 1 is 1.04 bits per heavy atom.